The lowest BCUT2D eigenvalue weighted by Gasteiger charge is -2.06. The smallest absolute Gasteiger partial charge is 0.264 e. The molecule has 2 amide bonds. The van der Waals surface area contributed by atoms with Gasteiger partial charge < -0.3 is 10.5 Å². The van der Waals surface area contributed by atoms with Crippen molar-refractivity contribution in [3.63, 3.8) is 0 Å². The summed E-state index contributed by atoms with van der Waals surface area (Å²) in [5.74, 6) is -0.509. The summed E-state index contributed by atoms with van der Waals surface area (Å²) < 4.78 is 5.39. The highest BCUT2D eigenvalue weighted by molar-refractivity contribution is 7.15. The van der Waals surface area contributed by atoms with E-state index in [0.29, 0.717) is 27.9 Å². The second kappa shape index (κ2) is 8.66. The van der Waals surface area contributed by atoms with Crippen LogP contribution in [0.4, 0.5) is 5.13 Å². The lowest BCUT2D eigenvalue weighted by Crippen LogP contribution is -2.20. The highest BCUT2D eigenvalue weighted by atomic mass is 35.5. The fraction of sp³-hybridized carbons (Fsp3) is 0.105. The SMILES string of the molecule is NC(=O)c1cccc(OCC(=O)Nc2ncc(Cc3cccc(Cl)c3)s2)c1. The summed E-state index contributed by atoms with van der Waals surface area (Å²) in [5.41, 5.74) is 6.61. The Balaban J connectivity index is 1.53. The van der Waals surface area contributed by atoms with Gasteiger partial charge in [-0.3, -0.25) is 14.9 Å². The third-order valence-electron chi connectivity index (χ3n) is 3.56. The van der Waals surface area contributed by atoms with Crippen LogP contribution in [0.15, 0.2) is 54.7 Å². The molecule has 0 spiro atoms. The van der Waals surface area contributed by atoms with Gasteiger partial charge in [0.25, 0.3) is 5.91 Å². The molecular formula is C19H16ClN3O3S. The van der Waals surface area contributed by atoms with Crippen LogP contribution >= 0.6 is 22.9 Å². The Morgan fingerprint density at radius 1 is 1.19 bits per heavy atom. The van der Waals surface area contributed by atoms with Gasteiger partial charge in [-0.15, -0.1) is 11.3 Å². The number of nitrogens with two attached hydrogens (primary N) is 1. The second-order valence-electron chi connectivity index (χ2n) is 5.67. The van der Waals surface area contributed by atoms with Gasteiger partial charge in [-0.1, -0.05) is 29.8 Å². The molecule has 0 saturated heterocycles. The van der Waals surface area contributed by atoms with Crippen LogP contribution in [-0.4, -0.2) is 23.4 Å². The summed E-state index contributed by atoms with van der Waals surface area (Å²) >= 11 is 7.38. The number of thiazole rings is 1. The quantitative estimate of drug-likeness (QED) is 0.633. The van der Waals surface area contributed by atoms with Crippen LogP contribution < -0.4 is 15.8 Å². The summed E-state index contributed by atoms with van der Waals surface area (Å²) in [6.07, 6.45) is 2.41. The van der Waals surface area contributed by atoms with Gasteiger partial charge in [0, 0.05) is 28.1 Å². The second-order valence-corrected chi connectivity index (χ2v) is 7.22. The first-order chi connectivity index (χ1) is 13.0. The van der Waals surface area contributed by atoms with Crippen molar-refractivity contribution < 1.29 is 14.3 Å². The van der Waals surface area contributed by atoms with Crippen LogP contribution in [0.1, 0.15) is 20.8 Å². The van der Waals surface area contributed by atoms with Crippen molar-refractivity contribution in [3.8, 4) is 5.75 Å². The molecule has 1 heterocycles. The van der Waals surface area contributed by atoms with Gasteiger partial charge in [-0.2, -0.15) is 0 Å². The third kappa shape index (κ3) is 5.54. The number of carbonyl (C=O) groups excluding carboxylic acids is 2. The zero-order chi connectivity index (χ0) is 19.2. The van der Waals surface area contributed by atoms with Crippen molar-refractivity contribution in [2.45, 2.75) is 6.42 Å². The number of amides is 2. The number of primary amides is 1. The Labute approximate surface area is 164 Å². The van der Waals surface area contributed by atoms with Gasteiger partial charge in [0.15, 0.2) is 11.7 Å². The molecule has 3 N–H and O–H groups in total. The molecule has 0 fully saturated rings. The fourth-order valence-corrected chi connectivity index (χ4v) is 3.41. The number of anilines is 1. The lowest BCUT2D eigenvalue weighted by atomic mass is 10.1. The number of hydrogen-bond donors (Lipinski definition) is 2. The highest BCUT2D eigenvalue weighted by Gasteiger charge is 2.09. The van der Waals surface area contributed by atoms with Crippen molar-refractivity contribution in [2.75, 3.05) is 11.9 Å². The molecule has 0 radical (unpaired) electrons. The van der Waals surface area contributed by atoms with Crippen molar-refractivity contribution in [1.29, 1.82) is 0 Å². The van der Waals surface area contributed by atoms with Gasteiger partial charge in [0.05, 0.1) is 0 Å². The Morgan fingerprint density at radius 3 is 2.78 bits per heavy atom. The molecule has 138 valence electrons. The number of halogens is 1. The minimum Gasteiger partial charge on any atom is -0.484 e. The summed E-state index contributed by atoms with van der Waals surface area (Å²) in [6, 6.07) is 13.9. The maximum atomic E-state index is 12.0. The van der Waals surface area contributed by atoms with E-state index in [0.717, 1.165) is 10.4 Å². The number of nitrogens with zero attached hydrogens (tertiary/aromatic N) is 1. The molecule has 0 atom stereocenters. The summed E-state index contributed by atoms with van der Waals surface area (Å²) in [5, 5.41) is 3.87. The molecule has 0 saturated carbocycles. The normalized spacial score (nSPS) is 10.4. The Kier molecular flexibility index (Phi) is 6.05. The van der Waals surface area contributed by atoms with Crippen molar-refractivity contribution in [1.82, 2.24) is 4.98 Å². The summed E-state index contributed by atoms with van der Waals surface area (Å²) in [4.78, 5) is 28.4. The molecule has 6 nitrogen and oxygen atoms in total. The first-order valence-electron chi connectivity index (χ1n) is 8.01. The summed E-state index contributed by atoms with van der Waals surface area (Å²) in [7, 11) is 0. The molecule has 3 rings (SSSR count). The standard InChI is InChI=1S/C19H16ClN3O3S/c20-14-5-1-3-12(7-14)8-16-10-22-19(27-16)23-17(24)11-26-15-6-2-4-13(9-15)18(21)25/h1-7,9-10H,8,11H2,(H2,21,25)(H,22,23,24). The van der Waals surface area contributed by atoms with Gasteiger partial charge in [0.1, 0.15) is 5.75 Å². The molecule has 0 bridgehead atoms. The molecular weight excluding hydrogens is 386 g/mol. The number of aromatic nitrogens is 1. The van der Waals surface area contributed by atoms with Crippen molar-refractivity contribution in [2.24, 2.45) is 5.73 Å². The summed E-state index contributed by atoms with van der Waals surface area (Å²) in [6.45, 7) is -0.203. The van der Waals surface area contributed by atoms with E-state index in [2.05, 4.69) is 10.3 Å². The molecule has 0 aliphatic carbocycles. The molecule has 0 aliphatic heterocycles. The van der Waals surface area contributed by atoms with E-state index >= 15 is 0 Å². The monoisotopic (exact) mass is 401 g/mol. The minimum atomic E-state index is -0.556. The molecule has 8 heteroatoms. The van der Waals surface area contributed by atoms with E-state index in [1.54, 1.807) is 24.4 Å². The first-order valence-corrected chi connectivity index (χ1v) is 9.21. The number of carbonyl (C=O) groups is 2. The van der Waals surface area contributed by atoms with E-state index < -0.39 is 5.91 Å². The fourth-order valence-electron chi connectivity index (χ4n) is 2.34. The lowest BCUT2D eigenvalue weighted by molar-refractivity contribution is -0.118. The number of benzene rings is 2. The Hall–Kier alpha value is -2.90. The topological polar surface area (TPSA) is 94.3 Å². The maximum absolute atomic E-state index is 12.0. The van der Waals surface area contributed by atoms with Crippen molar-refractivity contribution >= 4 is 39.9 Å². The molecule has 0 aliphatic rings. The van der Waals surface area contributed by atoms with Gasteiger partial charge in [0.2, 0.25) is 5.91 Å². The van der Waals surface area contributed by atoms with E-state index in [9.17, 15) is 9.59 Å². The van der Waals surface area contributed by atoms with Gasteiger partial charge in [-0.05, 0) is 35.9 Å². The van der Waals surface area contributed by atoms with E-state index in [1.807, 2.05) is 24.3 Å². The van der Waals surface area contributed by atoms with E-state index in [-0.39, 0.29) is 12.5 Å². The molecule has 3 aromatic rings. The van der Waals surface area contributed by atoms with Crippen LogP contribution in [0.25, 0.3) is 0 Å². The number of rotatable bonds is 7. The van der Waals surface area contributed by atoms with Gasteiger partial charge in [-0.25, -0.2) is 4.98 Å². The average molecular weight is 402 g/mol. The van der Waals surface area contributed by atoms with Crippen LogP contribution in [0, 0.1) is 0 Å². The molecule has 2 aromatic carbocycles. The predicted molar refractivity (Wildman–Crippen MR) is 105 cm³/mol. The maximum Gasteiger partial charge on any atom is 0.264 e. The first kappa shape index (κ1) is 18.9. The molecule has 0 unspecified atom stereocenters. The van der Waals surface area contributed by atoms with Crippen molar-refractivity contribution in [3.05, 3.63) is 75.8 Å². The number of ether oxygens (including phenoxy) is 1. The third-order valence-corrected chi connectivity index (χ3v) is 4.70. The van der Waals surface area contributed by atoms with E-state index in [1.165, 1.54) is 17.4 Å². The zero-order valence-corrected chi connectivity index (χ0v) is 15.7. The van der Waals surface area contributed by atoms with Crippen LogP contribution in [-0.2, 0) is 11.2 Å². The predicted octanol–water partition coefficient (Wildman–Crippen LogP) is 3.50. The Morgan fingerprint density at radius 2 is 2.00 bits per heavy atom. The largest absolute Gasteiger partial charge is 0.484 e. The molecule has 27 heavy (non-hydrogen) atoms. The van der Waals surface area contributed by atoms with Crippen LogP contribution in [0.5, 0.6) is 5.75 Å². The van der Waals surface area contributed by atoms with E-state index in [4.69, 9.17) is 22.1 Å². The van der Waals surface area contributed by atoms with Crippen LogP contribution in [0.2, 0.25) is 5.02 Å². The Bertz CT molecular complexity index is 974. The minimum absolute atomic E-state index is 0.203. The molecule has 1 aromatic heterocycles. The van der Waals surface area contributed by atoms with Gasteiger partial charge >= 0.3 is 0 Å². The highest BCUT2D eigenvalue weighted by Crippen LogP contribution is 2.22. The average Bonchev–Trinajstić information content (AvgIpc) is 3.07. The zero-order valence-electron chi connectivity index (χ0n) is 14.1. The number of hydrogen-bond acceptors (Lipinski definition) is 5. The van der Waals surface area contributed by atoms with Crippen LogP contribution in [0.3, 0.4) is 0 Å². The number of nitrogens with one attached hydrogen (secondary N) is 1.